The Balaban J connectivity index is 0.000000233. The van der Waals surface area contributed by atoms with Crippen molar-refractivity contribution in [2.45, 2.75) is 12.8 Å². The number of carbonyl (C=O) groups is 2. The zero-order valence-corrected chi connectivity index (χ0v) is 31.1. The Morgan fingerprint density at radius 3 is 1.20 bits per heavy atom. The fourth-order valence-electron chi connectivity index (χ4n) is 4.95. The standard InChI is InChI=1S/C20H12BrF4NO.C20H13F4NO.BHNS/c21-13-5-1-11(2-6-13)9-12-3-7-14(8-4-12)26-20(27)15-10-16(22)18(24)19(25)17(15)23;21-16-11-15(17(22)19(24)18(16)23)20(26)25-14-8-6-13(7-9-14)10-12-4-2-1-3-5-12;1-2-3/h1-8,10H,9H2,(H,26,27);1-9,11H,10H2,(H,25,26);3H. The SMILES string of the molecule is O=C(Nc1ccc(Cc2ccc(Br)cc2)cc1)c1cc(F)c(F)c(F)c1F.O=C(Nc1ccc(Cc2ccccc2)cc1)c1cc(F)c(F)c(F)c1F.[B]=NS. The van der Waals surface area contributed by atoms with Gasteiger partial charge in [-0.2, -0.15) is 0 Å². The molecule has 0 saturated heterocycles. The Labute approximate surface area is 330 Å². The van der Waals surface area contributed by atoms with Crippen molar-refractivity contribution in [2.75, 3.05) is 10.6 Å². The summed E-state index contributed by atoms with van der Waals surface area (Å²) >= 11 is 6.56. The molecule has 0 unspecified atom stereocenters. The predicted octanol–water partition coefficient (Wildman–Crippen LogP) is 11.1. The molecule has 0 aliphatic rings. The van der Waals surface area contributed by atoms with Gasteiger partial charge in [-0.1, -0.05) is 82.7 Å². The first-order chi connectivity index (χ1) is 26.7. The first-order valence-corrected chi connectivity index (χ1v) is 17.2. The van der Waals surface area contributed by atoms with E-state index in [1.807, 2.05) is 54.6 Å². The van der Waals surface area contributed by atoms with Crippen LogP contribution in [-0.2, 0) is 12.8 Å². The molecule has 16 heteroatoms. The number of rotatable bonds is 8. The molecule has 0 aromatic heterocycles. The Bertz CT molecular complexity index is 2320. The number of thiol groups is 1. The van der Waals surface area contributed by atoms with Crippen LogP contribution in [0.1, 0.15) is 43.0 Å². The van der Waals surface area contributed by atoms with E-state index in [-0.39, 0.29) is 0 Å². The van der Waals surface area contributed by atoms with Gasteiger partial charge in [0.2, 0.25) is 0 Å². The van der Waals surface area contributed by atoms with Crippen molar-refractivity contribution in [2.24, 2.45) is 4.30 Å². The molecule has 2 N–H and O–H groups in total. The second kappa shape index (κ2) is 20.4. The van der Waals surface area contributed by atoms with Gasteiger partial charge >= 0.3 is 24.8 Å². The molecule has 0 atom stereocenters. The van der Waals surface area contributed by atoms with Gasteiger partial charge in [0.15, 0.2) is 46.5 Å². The van der Waals surface area contributed by atoms with Gasteiger partial charge in [0.1, 0.15) is 0 Å². The number of hydrogen-bond donors (Lipinski definition) is 3. The van der Waals surface area contributed by atoms with E-state index in [1.165, 1.54) is 0 Å². The number of carbonyl (C=O) groups excluding carboxylic acids is 2. The van der Waals surface area contributed by atoms with Gasteiger partial charge in [-0.05, 0) is 83.6 Å². The average Bonchev–Trinajstić information content (AvgIpc) is 3.19. The van der Waals surface area contributed by atoms with Crippen LogP contribution in [0.5, 0.6) is 0 Å². The van der Waals surface area contributed by atoms with Crippen LogP contribution in [0.15, 0.2) is 124 Å². The third-order valence-corrected chi connectivity index (χ3v) is 8.22. The van der Waals surface area contributed by atoms with E-state index < -0.39 is 69.5 Å². The second-order valence-corrected chi connectivity index (χ2v) is 12.7. The first-order valence-electron chi connectivity index (χ1n) is 16.0. The third kappa shape index (κ3) is 11.7. The van der Waals surface area contributed by atoms with E-state index in [0.717, 1.165) is 26.7 Å². The molecule has 6 aromatic rings. The van der Waals surface area contributed by atoms with Gasteiger partial charge in [-0.25, -0.2) is 35.1 Å². The molecule has 0 bridgehead atoms. The van der Waals surface area contributed by atoms with Crippen molar-refractivity contribution in [1.29, 1.82) is 0 Å². The Hall–Kier alpha value is -5.61. The van der Waals surface area contributed by atoms with Crippen LogP contribution in [0.2, 0.25) is 0 Å². The molecule has 0 spiro atoms. The summed E-state index contributed by atoms with van der Waals surface area (Å²) in [6, 6.07) is 31.6. The molecule has 0 aliphatic carbocycles. The van der Waals surface area contributed by atoms with Gasteiger partial charge < -0.3 is 10.6 Å². The van der Waals surface area contributed by atoms with E-state index in [2.05, 4.69) is 51.3 Å². The molecule has 56 heavy (non-hydrogen) atoms. The van der Waals surface area contributed by atoms with Crippen LogP contribution in [-0.4, -0.2) is 19.5 Å². The normalized spacial score (nSPS) is 10.3. The molecule has 5 nitrogen and oxygen atoms in total. The number of benzene rings is 6. The van der Waals surface area contributed by atoms with E-state index in [0.29, 0.717) is 36.3 Å². The number of halogens is 9. The molecule has 0 fully saturated rings. The number of nitrogens with one attached hydrogen (secondary N) is 2. The predicted molar refractivity (Wildman–Crippen MR) is 205 cm³/mol. The second-order valence-electron chi connectivity index (χ2n) is 11.6. The quantitative estimate of drug-likeness (QED) is 0.0469. The van der Waals surface area contributed by atoms with Crippen molar-refractivity contribution in [3.8, 4) is 0 Å². The van der Waals surface area contributed by atoms with Crippen molar-refractivity contribution in [1.82, 2.24) is 0 Å². The summed E-state index contributed by atoms with van der Waals surface area (Å²) in [6.07, 6.45) is 1.36. The molecule has 0 aliphatic heterocycles. The molecule has 0 saturated carbocycles. The van der Waals surface area contributed by atoms with Crippen LogP contribution >= 0.6 is 28.7 Å². The summed E-state index contributed by atoms with van der Waals surface area (Å²) in [4.78, 5) is 24.1. The Morgan fingerprint density at radius 1 is 0.518 bits per heavy atom. The molecule has 285 valence electrons. The van der Waals surface area contributed by atoms with Gasteiger partial charge in [0, 0.05) is 15.8 Å². The van der Waals surface area contributed by atoms with Gasteiger partial charge in [0.25, 0.3) is 11.8 Å². The number of anilines is 2. The summed E-state index contributed by atoms with van der Waals surface area (Å²) in [5.74, 6) is -16.8. The summed E-state index contributed by atoms with van der Waals surface area (Å²) in [6.45, 7) is 0. The van der Waals surface area contributed by atoms with Crippen LogP contribution in [0.3, 0.4) is 0 Å². The summed E-state index contributed by atoms with van der Waals surface area (Å²) < 4.78 is 110. The number of nitrogens with zero attached hydrogens (tertiary/aromatic N) is 1. The molecule has 6 aromatic carbocycles. The van der Waals surface area contributed by atoms with Crippen molar-refractivity contribution in [3.05, 3.63) is 200 Å². The fraction of sp³-hybridized carbons (Fsp3) is 0.0500. The van der Waals surface area contributed by atoms with Crippen LogP contribution in [0.25, 0.3) is 0 Å². The maximum atomic E-state index is 13.7. The van der Waals surface area contributed by atoms with Crippen molar-refractivity contribution < 1.29 is 44.7 Å². The summed E-state index contributed by atoms with van der Waals surface area (Å²) in [5, 5.41) is 4.66. The molecule has 0 heterocycles. The molecular weight excluding hydrogens is 829 g/mol. The Kier molecular flexibility index (Phi) is 15.7. The minimum atomic E-state index is -2.02. The first kappa shape index (κ1) is 43.1. The van der Waals surface area contributed by atoms with Crippen LogP contribution < -0.4 is 10.6 Å². The minimum absolute atomic E-state index is 0.309. The number of amides is 2. The average molecular weight is 855 g/mol. The van der Waals surface area contributed by atoms with E-state index in [1.54, 1.807) is 48.5 Å². The van der Waals surface area contributed by atoms with Crippen LogP contribution in [0, 0.1) is 46.5 Å². The van der Waals surface area contributed by atoms with Crippen molar-refractivity contribution in [3.63, 3.8) is 0 Å². The van der Waals surface area contributed by atoms with E-state index in [9.17, 15) is 44.7 Å². The maximum absolute atomic E-state index is 13.7. The summed E-state index contributed by atoms with van der Waals surface area (Å²) in [5.41, 5.74) is 2.97. The monoisotopic (exact) mass is 854 g/mol. The van der Waals surface area contributed by atoms with E-state index >= 15 is 0 Å². The van der Waals surface area contributed by atoms with Crippen LogP contribution in [0.4, 0.5) is 46.5 Å². The van der Waals surface area contributed by atoms with E-state index in [4.69, 9.17) is 0 Å². The van der Waals surface area contributed by atoms with Crippen molar-refractivity contribution >= 4 is 59.6 Å². The third-order valence-electron chi connectivity index (χ3n) is 7.69. The molecule has 2 amide bonds. The van der Waals surface area contributed by atoms with Gasteiger partial charge in [0.05, 0.1) is 11.1 Å². The molecule has 6 rings (SSSR count). The van der Waals surface area contributed by atoms with Gasteiger partial charge in [-0.15, -0.1) is 0 Å². The molecule has 1 radical (unpaired) electrons. The Morgan fingerprint density at radius 2 is 0.839 bits per heavy atom. The summed E-state index contributed by atoms with van der Waals surface area (Å²) in [7, 11) is 4.34. The van der Waals surface area contributed by atoms with Gasteiger partial charge in [-0.3, -0.25) is 9.59 Å². The fourth-order valence-corrected chi connectivity index (χ4v) is 5.22. The topological polar surface area (TPSA) is 70.6 Å². The molecular formula is C40H26BBrF8N3O2S. The zero-order chi connectivity index (χ0) is 40.9. The zero-order valence-electron chi connectivity index (χ0n) is 28.6. The number of hydrogen-bond acceptors (Lipinski definition) is 4.